The van der Waals surface area contributed by atoms with Crippen LogP contribution in [-0.2, 0) is 14.6 Å². The van der Waals surface area contributed by atoms with Crippen molar-refractivity contribution >= 4 is 26.8 Å². The van der Waals surface area contributed by atoms with Crippen LogP contribution in [0.15, 0.2) is 53.7 Å². The molecule has 0 aliphatic heterocycles. The zero-order valence-electron chi connectivity index (χ0n) is 17.0. The molecule has 3 rings (SSSR count). The number of hydrogen-bond donors (Lipinski definition) is 1. The molecule has 0 aliphatic rings. The zero-order valence-corrected chi connectivity index (χ0v) is 17.8. The maximum atomic E-state index is 12.8. The number of hydrogen-bond acceptors (Lipinski definition) is 5. The largest absolute Gasteiger partial charge is 0.494 e. The second kappa shape index (κ2) is 9.75. The SMILES string of the molecule is CCCS(=O)(=O)c1nc2ccc(OCCCCCC(=O)O)cc2n1-c1ccccc1. The third-order valence-electron chi connectivity index (χ3n) is 4.66. The van der Waals surface area contributed by atoms with Gasteiger partial charge in [0.25, 0.3) is 0 Å². The highest BCUT2D eigenvalue weighted by molar-refractivity contribution is 7.91. The monoisotopic (exact) mass is 430 g/mol. The van der Waals surface area contributed by atoms with E-state index in [0.29, 0.717) is 36.2 Å². The van der Waals surface area contributed by atoms with Crippen LogP contribution in [0, 0.1) is 0 Å². The Kier molecular flexibility index (Phi) is 7.10. The molecule has 0 atom stereocenters. The summed E-state index contributed by atoms with van der Waals surface area (Å²) in [5, 5.41) is 8.72. The lowest BCUT2D eigenvalue weighted by molar-refractivity contribution is -0.137. The number of carbonyl (C=O) groups is 1. The summed E-state index contributed by atoms with van der Waals surface area (Å²) in [6.07, 6.45) is 2.82. The van der Waals surface area contributed by atoms with E-state index in [-0.39, 0.29) is 17.3 Å². The lowest BCUT2D eigenvalue weighted by atomic mass is 10.2. The molecule has 30 heavy (non-hydrogen) atoms. The number of nitrogens with zero attached hydrogens (tertiary/aromatic N) is 2. The van der Waals surface area contributed by atoms with Gasteiger partial charge in [-0.1, -0.05) is 25.1 Å². The van der Waals surface area contributed by atoms with Gasteiger partial charge in [-0.3, -0.25) is 9.36 Å². The number of ether oxygens (including phenoxy) is 1. The Morgan fingerprint density at radius 3 is 2.57 bits per heavy atom. The van der Waals surface area contributed by atoms with Crippen molar-refractivity contribution in [2.24, 2.45) is 0 Å². The van der Waals surface area contributed by atoms with Crippen LogP contribution in [0.25, 0.3) is 16.7 Å². The lowest BCUT2D eigenvalue weighted by Crippen LogP contribution is -2.13. The number of sulfone groups is 1. The number of fused-ring (bicyclic) bond motifs is 1. The Labute approximate surface area is 176 Å². The molecule has 7 nitrogen and oxygen atoms in total. The number of para-hydroxylation sites is 1. The third kappa shape index (κ3) is 5.18. The van der Waals surface area contributed by atoms with Crippen molar-refractivity contribution in [3.8, 4) is 11.4 Å². The van der Waals surface area contributed by atoms with Crippen LogP contribution in [0.5, 0.6) is 5.75 Å². The highest BCUT2D eigenvalue weighted by Crippen LogP contribution is 2.28. The molecule has 0 fully saturated rings. The second-order valence-electron chi connectivity index (χ2n) is 7.09. The Morgan fingerprint density at radius 1 is 1.10 bits per heavy atom. The smallest absolute Gasteiger partial charge is 0.303 e. The first-order chi connectivity index (χ1) is 14.4. The fourth-order valence-corrected chi connectivity index (χ4v) is 4.70. The number of imidazole rings is 1. The van der Waals surface area contributed by atoms with Crippen molar-refractivity contribution < 1.29 is 23.1 Å². The molecule has 2 aromatic carbocycles. The summed E-state index contributed by atoms with van der Waals surface area (Å²) in [6.45, 7) is 2.29. The van der Waals surface area contributed by atoms with Crippen molar-refractivity contribution in [2.75, 3.05) is 12.4 Å². The van der Waals surface area contributed by atoms with Gasteiger partial charge in [0.15, 0.2) is 0 Å². The van der Waals surface area contributed by atoms with E-state index in [1.165, 1.54) is 0 Å². The quantitative estimate of drug-likeness (QED) is 0.457. The highest BCUT2D eigenvalue weighted by atomic mass is 32.2. The van der Waals surface area contributed by atoms with Crippen LogP contribution in [-0.4, -0.2) is 41.4 Å². The van der Waals surface area contributed by atoms with E-state index in [2.05, 4.69) is 4.98 Å². The zero-order chi connectivity index (χ0) is 21.6. The van der Waals surface area contributed by atoms with Gasteiger partial charge in [0, 0.05) is 18.2 Å². The number of aromatic nitrogens is 2. The summed E-state index contributed by atoms with van der Waals surface area (Å²) in [6, 6.07) is 14.6. The molecule has 0 bridgehead atoms. The van der Waals surface area contributed by atoms with Crippen molar-refractivity contribution in [1.82, 2.24) is 9.55 Å². The molecule has 0 amide bonds. The molecule has 0 saturated carbocycles. The van der Waals surface area contributed by atoms with Crippen LogP contribution in [0.2, 0.25) is 0 Å². The number of rotatable bonds is 11. The average molecular weight is 431 g/mol. The normalized spacial score (nSPS) is 11.6. The van der Waals surface area contributed by atoms with Gasteiger partial charge in [0.05, 0.1) is 23.4 Å². The highest BCUT2D eigenvalue weighted by Gasteiger charge is 2.24. The summed E-state index contributed by atoms with van der Waals surface area (Å²) in [5.41, 5.74) is 1.97. The van der Waals surface area contributed by atoms with Crippen molar-refractivity contribution in [3.63, 3.8) is 0 Å². The molecule has 1 aromatic heterocycles. The fraction of sp³-hybridized carbons (Fsp3) is 0.364. The van der Waals surface area contributed by atoms with Crippen LogP contribution in [0.4, 0.5) is 0 Å². The maximum absolute atomic E-state index is 12.8. The second-order valence-corrected chi connectivity index (χ2v) is 9.09. The van der Waals surface area contributed by atoms with Crippen molar-refractivity contribution in [3.05, 3.63) is 48.5 Å². The Balaban J connectivity index is 1.89. The fourth-order valence-electron chi connectivity index (χ4n) is 3.26. The predicted octanol–water partition coefficient (Wildman–Crippen LogP) is 4.23. The van der Waals surface area contributed by atoms with E-state index in [0.717, 1.165) is 18.5 Å². The first kappa shape index (κ1) is 21.8. The van der Waals surface area contributed by atoms with Gasteiger partial charge in [0.2, 0.25) is 15.0 Å². The topological polar surface area (TPSA) is 98.5 Å². The Hall–Kier alpha value is -2.87. The van der Waals surface area contributed by atoms with E-state index in [9.17, 15) is 13.2 Å². The Bertz CT molecular complexity index is 1110. The molecule has 0 radical (unpaired) electrons. The van der Waals surface area contributed by atoms with Gasteiger partial charge in [0.1, 0.15) is 5.75 Å². The van der Waals surface area contributed by atoms with Crippen LogP contribution < -0.4 is 4.74 Å². The molecule has 0 saturated heterocycles. The minimum absolute atomic E-state index is 0.0306. The number of aliphatic carboxylic acids is 1. The van der Waals surface area contributed by atoms with Gasteiger partial charge >= 0.3 is 5.97 Å². The van der Waals surface area contributed by atoms with Gasteiger partial charge in [-0.15, -0.1) is 0 Å². The van der Waals surface area contributed by atoms with E-state index in [4.69, 9.17) is 9.84 Å². The number of unbranched alkanes of at least 4 members (excludes halogenated alkanes) is 2. The van der Waals surface area contributed by atoms with Crippen LogP contribution in [0.1, 0.15) is 39.0 Å². The minimum Gasteiger partial charge on any atom is -0.494 e. The molecular weight excluding hydrogens is 404 g/mol. The first-order valence-electron chi connectivity index (χ1n) is 10.1. The molecule has 1 heterocycles. The van der Waals surface area contributed by atoms with Gasteiger partial charge in [-0.2, -0.15) is 0 Å². The van der Waals surface area contributed by atoms with E-state index < -0.39 is 15.8 Å². The summed E-state index contributed by atoms with van der Waals surface area (Å²) < 4.78 is 33.2. The first-order valence-corrected chi connectivity index (χ1v) is 11.7. The lowest BCUT2D eigenvalue weighted by Gasteiger charge is -2.10. The molecule has 160 valence electrons. The van der Waals surface area contributed by atoms with E-state index >= 15 is 0 Å². The molecule has 0 unspecified atom stereocenters. The van der Waals surface area contributed by atoms with Crippen LogP contribution >= 0.6 is 0 Å². The summed E-state index contributed by atoms with van der Waals surface area (Å²) in [7, 11) is -3.54. The summed E-state index contributed by atoms with van der Waals surface area (Å²) in [4.78, 5) is 15.0. The summed E-state index contributed by atoms with van der Waals surface area (Å²) in [5.74, 6) is -0.135. The van der Waals surface area contributed by atoms with Crippen molar-refractivity contribution in [2.45, 2.75) is 44.2 Å². The predicted molar refractivity (Wildman–Crippen MR) is 115 cm³/mol. The minimum atomic E-state index is -3.54. The van der Waals surface area contributed by atoms with Gasteiger partial charge in [-0.05, 0) is 49.9 Å². The Morgan fingerprint density at radius 2 is 1.87 bits per heavy atom. The van der Waals surface area contributed by atoms with Gasteiger partial charge < -0.3 is 9.84 Å². The summed E-state index contributed by atoms with van der Waals surface area (Å²) >= 11 is 0. The third-order valence-corrected chi connectivity index (χ3v) is 6.44. The molecule has 0 spiro atoms. The number of carboxylic acids is 1. The standard InChI is InChI=1S/C22H26N2O5S/c1-2-15-30(27,28)22-23-19-13-12-18(29-14-8-4-7-11-21(25)26)16-20(19)24(22)17-9-5-3-6-10-17/h3,5-6,9-10,12-13,16H,2,4,7-8,11,14-15H2,1H3,(H,25,26). The van der Waals surface area contributed by atoms with Crippen molar-refractivity contribution in [1.29, 1.82) is 0 Å². The average Bonchev–Trinajstić information content (AvgIpc) is 3.11. The molecule has 0 aliphatic carbocycles. The van der Waals surface area contributed by atoms with Crippen LogP contribution in [0.3, 0.4) is 0 Å². The molecule has 8 heteroatoms. The van der Waals surface area contributed by atoms with E-state index in [1.54, 1.807) is 22.8 Å². The number of benzene rings is 2. The van der Waals surface area contributed by atoms with E-state index in [1.807, 2.05) is 37.3 Å². The molecule has 3 aromatic rings. The molecule has 1 N–H and O–H groups in total. The van der Waals surface area contributed by atoms with Gasteiger partial charge in [-0.25, -0.2) is 13.4 Å². The maximum Gasteiger partial charge on any atom is 0.303 e. The number of carboxylic acid groups (broad SMARTS) is 1. The molecular formula is C22H26N2O5S.